The zero-order chi connectivity index (χ0) is 25.5. The van der Waals surface area contributed by atoms with Gasteiger partial charge >= 0.3 is 5.97 Å². The molecule has 1 aromatic heterocycles. The highest BCUT2D eigenvalue weighted by Gasteiger charge is 2.18. The Hall–Kier alpha value is -4.39. The lowest BCUT2D eigenvalue weighted by atomic mass is 10.1. The highest BCUT2D eigenvalue weighted by molar-refractivity contribution is 5.83. The van der Waals surface area contributed by atoms with Crippen molar-refractivity contribution in [1.29, 1.82) is 0 Å². The van der Waals surface area contributed by atoms with Gasteiger partial charge in [-0.2, -0.15) is 0 Å². The number of hydrogen-bond donors (Lipinski definition) is 1. The number of amides is 1. The van der Waals surface area contributed by atoms with E-state index in [-0.39, 0.29) is 32.0 Å². The van der Waals surface area contributed by atoms with Crippen LogP contribution in [0.25, 0.3) is 11.5 Å². The maximum absolute atomic E-state index is 12.8. The molecule has 1 N–H and O–H groups in total. The number of nitrogens with zero attached hydrogens (tertiary/aromatic N) is 2. The number of aromatic nitrogens is 1. The summed E-state index contributed by atoms with van der Waals surface area (Å²) < 4.78 is 11.7. The summed E-state index contributed by atoms with van der Waals surface area (Å²) in [5.74, 6) is 0.596. The first-order valence-electron chi connectivity index (χ1n) is 11.7. The van der Waals surface area contributed by atoms with Crippen LogP contribution >= 0.6 is 0 Å². The van der Waals surface area contributed by atoms with Gasteiger partial charge in [-0.3, -0.25) is 9.59 Å². The fourth-order valence-corrected chi connectivity index (χ4v) is 3.72. The Bertz CT molecular complexity index is 1310. The van der Waals surface area contributed by atoms with Crippen LogP contribution in [0.5, 0.6) is 5.75 Å². The van der Waals surface area contributed by atoms with E-state index in [1.807, 2.05) is 80.6 Å². The summed E-state index contributed by atoms with van der Waals surface area (Å²) in [7, 11) is 0. The van der Waals surface area contributed by atoms with E-state index in [1.54, 1.807) is 12.1 Å². The average molecular weight is 485 g/mol. The number of rotatable bonds is 10. The normalized spacial score (nSPS) is 10.7. The Morgan fingerprint density at radius 3 is 2.25 bits per heavy atom. The van der Waals surface area contributed by atoms with Crippen LogP contribution in [0.3, 0.4) is 0 Å². The molecule has 0 atom stereocenters. The summed E-state index contributed by atoms with van der Waals surface area (Å²) in [6, 6.07) is 24.6. The molecule has 0 spiro atoms. The van der Waals surface area contributed by atoms with Gasteiger partial charge in [-0.25, -0.2) is 4.98 Å². The van der Waals surface area contributed by atoms with Gasteiger partial charge in [0.1, 0.15) is 30.4 Å². The minimum absolute atomic E-state index is 0.150. The number of oxazole rings is 1. The van der Waals surface area contributed by atoms with E-state index in [4.69, 9.17) is 9.15 Å². The molecule has 0 aliphatic heterocycles. The van der Waals surface area contributed by atoms with Crippen LogP contribution in [0.4, 0.5) is 0 Å². The molecule has 0 fully saturated rings. The highest BCUT2D eigenvalue weighted by atomic mass is 16.5. The molecule has 0 radical (unpaired) electrons. The summed E-state index contributed by atoms with van der Waals surface area (Å²) in [4.78, 5) is 30.1. The lowest BCUT2D eigenvalue weighted by Crippen LogP contribution is -2.36. The van der Waals surface area contributed by atoms with Crippen molar-refractivity contribution in [1.82, 2.24) is 9.88 Å². The molecule has 0 bridgehead atoms. The van der Waals surface area contributed by atoms with Crippen molar-refractivity contribution in [3.05, 3.63) is 107 Å². The van der Waals surface area contributed by atoms with Crippen molar-refractivity contribution in [2.75, 3.05) is 6.54 Å². The van der Waals surface area contributed by atoms with E-state index in [1.165, 1.54) is 4.90 Å². The Kier molecular flexibility index (Phi) is 7.80. The van der Waals surface area contributed by atoms with E-state index in [0.29, 0.717) is 23.1 Å². The highest BCUT2D eigenvalue weighted by Crippen LogP contribution is 2.23. The van der Waals surface area contributed by atoms with Crippen LogP contribution in [0.15, 0.2) is 83.3 Å². The van der Waals surface area contributed by atoms with Crippen molar-refractivity contribution in [3.8, 4) is 17.2 Å². The number of carbonyl (C=O) groups is 2. The fourth-order valence-electron chi connectivity index (χ4n) is 3.72. The molecule has 4 aromatic rings. The molecular formula is C29H28N2O5. The molecule has 0 saturated heterocycles. The monoisotopic (exact) mass is 484 g/mol. The predicted octanol–water partition coefficient (Wildman–Crippen LogP) is 5.19. The number of aryl methyl sites for hydroxylation is 2. The first-order chi connectivity index (χ1) is 17.4. The van der Waals surface area contributed by atoms with Crippen molar-refractivity contribution >= 4 is 11.9 Å². The van der Waals surface area contributed by atoms with Gasteiger partial charge in [0.2, 0.25) is 11.8 Å². The minimum atomic E-state index is -1.05. The average Bonchev–Trinajstić information content (AvgIpc) is 3.25. The second kappa shape index (κ2) is 11.4. The van der Waals surface area contributed by atoms with Gasteiger partial charge in [-0.05, 0) is 49.2 Å². The van der Waals surface area contributed by atoms with Crippen LogP contribution in [0, 0.1) is 13.8 Å². The van der Waals surface area contributed by atoms with E-state index in [9.17, 15) is 14.7 Å². The second-order valence-electron chi connectivity index (χ2n) is 8.63. The van der Waals surface area contributed by atoms with Crippen LogP contribution in [0.1, 0.15) is 28.1 Å². The van der Waals surface area contributed by atoms with Crippen molar-refractivity contribution in [3.63, 3.8) is 0 Å². The number of carbonyl (C=O) groups excluding carboxylic acids is 1. The summed E-state index contributed by atoms with van der Waals surface area (Å²) in [6.45, 7) is 3.91. The summed E-state index contributed by atoms with van der Waals surface area (Å²) in [5, 5.41) is 9.30. The molecule has 184 valence electrons. The number of carboxylic acid groups (broad SMARTS) is 1. The topological polar surface area (TPSA) is 92.9 Å². The molecular weight excluding hydrogens is 456 g/mol. The van der Waals surface area contributed by atoms with Gasteiger partial charge < -0.3 is 19.2 Å². The standard InChI is InChI=1S/C29H28N2O5/c1-20-8-10-22(11-9-20)16-27(32)31(18-28(33)34)17-23-12-14-25(15-13-23)35-19-26-21(2)36-29(30-26)24-6-4-3-5-7-24/h3-15H,16-19H2,1-2H3,(H,33,34). The number of hydrogen-bond acceptors (Lipinski definition) is 5. The van der Waals surface area contributed by atoms with E-state index >= 15 is 0 Å². The molecule has 1 heterocycles. The maximum Gasteiger partial charge on any atom is 0.323 e. The summed E-state index contributed by atoms with van der Waals surface area (Å²) in [5.41, 5.74) is 4.38. The van der Waals surface area contributed by atoms with Crippen molar-refractivity contribution in [2.45, 2.75) is 33.4 Å². The van der Waals surface area contributed by atoms with E-state index in [2.05, 4.69) is 4.98 Å². The zero-order valence-corrected chi connectivity index (χ0v) is 20.3. The summed E-state index contributed by atoms with van der Waals surface area (Å²) >= 11 is 0. The van der Waals surface area contributed by atoms with Gasteiger partial charge in [0.05, 0.1) is 6.42 Å². The van der Waals surface area contributed by atoms with Gasteiger partial charge in [0.25, 0.3) is 0 Å². The third kappa shape index (κ3) is 6.60. The molecule has 3 aromatic carbocycles. The SMILES string of the molecule is Cc1ccc(CC(=O)N(CC(=O)O)Cc2ccc(OCc3nc(-c4ccccc4)oc3C)cc2)cc1. The zero-order valence-electron chi connectivity index (χ0n) is 20.3. The van der Waals surface area contributed by atoms with Gasteiger partial charge in [0, 0.05) is 12.1 Å². The number of carboxylic acids is 1. The second-order valence-corrected chi connectivity index (χ2v) is 8.63. The van der Waals surface area contributed by atoms with E-state index in [0.717, 1.165) is 22.3 Å². The predicted molar refractivity (Wildman–Crippen MR) is 135 cm³/mol. The number of ether oxygens (including phenoxy) is 1. The Balaban J connectivity index is 1.37. The molecule has 7 heteroatoms. The molecule has 0 unspecified atom stereocenters. The lowest BCUT2D eigenvalue weighted by Gasteiger charge is -2.21. The quantitative estimate of drug-likeness (QED) is 0.333. The van der Waals surface area contributed by atoms with Crippen molar-refractivity contribution in [2.24, 2.45) is 0 Å². The maximum atomic E-state index is 12.8. The van der Waals surface area contributed by atoms with Crippen molar-refractivity contribution < 1.29 is 23.8 Å². The van der Waals surface area contributed by atoms with Gasteiger partial charge in [0.15, 0.2) is 0 Å². The summed E-state index contributed by atoms with van der Waals surface area (Å²) in [6.07, 6.45) is 0.150. The Morgan fingerprint density at radius 1 is 0.917 bits per heavy atom. The lowest BCUT2D eigenvalue weighted by molar-refractivity contribution is -0.144. The molecule has 7 nitrogen and oxygen atoms in total. The van der Waals surface area contributed by atoms with Gasteiger partial charge in [-0.1, -0.05) is 60.2 Å². The smallest absolute Gasteiger partial charge is 0.323 e. The third-order valence-electron chi connectivity index (χ3n) is 5.74. The minimum Gasteiger partial charge on any atom is -0.487 e. The third-order valence-corrected chi connectivity index (χ3v) is 5.74. The van der Waals surface area contributed by atoms with Gasteiger partial charge in [-0.15, -0.1) is 0 Å². The van der Waals surface area contributed by atoms with Crippen LogP contribution in [0.2, 0.25) is 0 Å². The largest absolute Gasteiger partial charge is 0.487 e. The van der Waals surface area contributed by atoms with Crippen LogP contribution in [-0.2, 0) is 29.2 Å². The molecule has 0 saturated carbocycles. The molecule has 1 amide bonds. The first-order valence-corrected chi connectivity index (χ1v) is 11.7. The molecule has 0 aliphatic rings. The molecule has 36 heavy (non-hydrogen) atoms. The van der Waals surface area contributed by atoms with Crippen LogP contribution in [-0.4, -0.2) is 33.4 Å². The molecule has 4 rings (SSSR count). The van der Waals surface area contributed by atoms with E-state index < -0.39 is 5.97 Å². The Labute approximate surface area is 210 Å². The van der Waals surface area contributed by atoms with Crippen LogP contribution < -0.4 is 4.74 Å². The first kappa shape index (κ1) is 24.7. The Morgan fingerprint density at radius 2 is 1.58 bits per heavy atom. The number of aliphatic carboxylic acids is 1. The number of benzene rings is 3. The molecule has 0 aliphatic carbocycles. The fraction of sp³-hybridized carbons (Fsp3) is 0.207.